The van der Waals surface area contributed by atoms with Gasteiger partial charge in [-0.1, -0.05) is 20.1 Å². The van der Waals surface area contributed by atoms with Crippen LogP contribution in [0, 0.1) is 5.41 Å². The third-order valence-electron chi connectivity index (χ3n) is 2.86. The summed E-state index contributed by atoms with van der Waals surface area (Å²) in [5, 5.41) is 0. The predicted octanol–water partition coefficient (Wildman–Crippen LogP) is 0.783. The summed E-state index contributed by atoms with van der Waals surface area (Å²) in [6.07, 6.45) is 1.92. The molecule has 0 aromatic rings. The second kappa shape index (κ2) is 8.33. The fourth-order valence-electron chi connectivity index (χ4n) is 1.50. The van der Waals surface area contributed by atoms with Gasteiger partial charge in [0.05, 0.1) is 13.0 Å². The highest BCUT2D eigenvalue weighted by Crippen LogP contribution is 2.24. The lowest BCUT2D eigenvalue weighted by atomic mass is 9.88. The summed E-state index contributed by atoms with van der Waals surface area (Å²) >= 11 is 0. The lowest BCUT2D eigenvalue weighted by molar-refractivity contribution is -0.157. The molecule has 7 nitrogen and oxygen atoms in total. The van der Waals surface area contributed by atoms with Gasteiger partial charge < -0.3 is 18.9 Å². The van der Waals surface area contributed by atoms with Crippen molar-refractivity contribution in [3.8, 4) is 0 Å². The highest BCUT2D eigenvalue weighted by molar-refractivity contribution is 5.81. The van der Waals surface area contributed by atoms with Gasteiger partial charge in [0.2, 0.25) is 0 Å². The summed E-state index contributed by atoms with van der Waals surface area (Å²) in [6.45, 7) is 8.76. The summed E-state index contributed by atoms with van der Waals surface area (Å²) in [5.74, 6) is -1.73. The number of ether oxygens (including phenoxy) is 4. The molecule has 0 saturated carbocycles. The largest absolute Gasteiger partial charge is 0.463 e. The van der Waals surface area contributed by atoms with Gasteiger partial charge in [-0.3, -0.25) is 4.79 Å². The van der Waals surface area contributed by atoms with E-state index in [0.29, 0.717) is 6.61 Å². The van der Waals surface area contributed by atoms with E-state index in [9.17, 15) is 14.4 Å². The van der Waals surface area contributed by atoms with Crippen molar-refractivity contribution in [3.05, 3.63) is 25.3 Å². The third kappa shape index (κ3) is 7.03. The first kappa shape index (κ1) is 17.9. The zero-order valence-corrected chi connectivity index (χ0v) is 12.5. The maximum absolute atomic E-state index is 11.8. The van der Waals surface area contributed by atoms with Crippen molar-refractivity contribution in [2.75, 3.05) is 26.4 Å². The standard InChI is InChI=1S/C15H20O7/c1-4-12(16)21-9-15(3,10-22-13(17)5-2)6-14(18)20-8-11-7-19-11/h4-5,11H,1-2,6-10H2,3H3. The monoisotopic (exact) mass is 312 g/mol. The number of carbonyl (C=O) groups excluding carboxylic acids is 3. The normalized spacial score (nSPS) is 16.3. The maximum Gasteiger partial charge on any atom is 0.330 e. The van der Waals surface area contributed by atoms with Crippen LogP contribution in [0.5, 0.6) is 0 Å². The van der Waals surface area contributed by atoms with E-state index in [1.54, 1.807) is 6.92 Å². The molecule has 0 N–H and O–H groups in total. The zero-order chi connectivity index (χ0) is 16.6. The second-order valence-electron chi connectivity index (χ2n) is 5.25. The molecule has 1 atom stereocenters. The van der Waals surface area contributed by atoms with Crippen LogP contribution in [0.15, 0.2) is 25.3 Å². The molecule has 1 saturated heterocycles. The average molecular weight is 312 g/mol. The fraction of sp³-hybridized carbons (Fsp3) is 0.533. The van der Waals surface area contributed by atoms with Gasteiger partial charge in [-0.2, -0.15) is 0 Å². The van der Waals surface area contributed by atoms with Crippen molar-refractivity contribution >= 4 is 17.9 Å². The van der Waals surface area contributed by atoms with E-state index in [0.717, 1.165) is 12.2 Å². The van der Waals surface area contributed by atoms with Gasteiger partial charge in [0.25, 0.3) is 0 Å². The highest BCUT2D eigenvalue weighted by atomic mass is 16.6. The van der Waals surface area contributed by atoms with Gasteiger partial charge in [-0.15, -0.1) is 0 Å². The molecule has 0 amide bonds. The van der Waals surface area contributed by atoms with Gasteiger partial charge in [0.1, 0.15) is 25.9 Å². The van der Waals surface area contributed by atoms with E-state index in [1.165, 1.54) is 0 Å². The molecule has 1 unspecified atom stereocenters. The Morgan fingerprint density at radius 3 is 2.05 bits per heavy atom. The summed E-state index contributed by atoms with van der Waals surface area (Å²) in [6, 6.07) is 0. The molecule has 0 aliphatic carbocycles. The predicted molar refractivity (Wildman–Crippen MR) is 75.7 cm³/mol. The van der Waals surface area contributed by atoms with Crippen LogP contribution >= 0.6 is 0 Å². The first-order valence-electron chi connectivity index (χ1n) is 6.74. The van der Waals surface area contributed by atoms with E-state index in [-0.39, 0.29) is 32.3 Å². The fourth-order valence-corrected chi connectivity index (χ4v) is 1.50. The molecule has 1 rings (SSSR count). The van der Waals surface area contributed by atoms with Crippen LogP contribution in [-0.4, -0.2) is 50.4 Å². The molecule has 0 aromatic carbocycles. The molecule has 22 heavy (non-hydrogen) atoms. The molecule has 1 aliphatic heterocycles. The van der Waals surface area contributed by atoms with Crippen LogP contribution < -0.4 is 0 Å². The van der Waals surface area contributed by atoms with Crippen molar-refractivity contribution in [1.82, 2.24) is 0 Å². The molecule has 0 aromatic heterocycles. The number of carbonyl (C=O) groups is 3. The minimum Gasteiger partial charge on any atom is -0.463 e. The topological polar surface area (TPSA) is 91.4 Å². The third-order valence-corrected chi connectivity index (χ3v) is 2.86. The van der Waals surface area contributed by atoms with Crippen molar-refractivity contribution in [2.45, 2.75) is 19.4 Å². The molecular formula is C15H20O7. The number of hydrogen-bond acceptors (Lipinski definition) is 7. The van der Waals surface area contributed by atoms with E-state index < -0.39 is 23.3 Å². The van der Waals surface area contributed by atoms with Crippen LogP contribution in [0.4, 0.5) is 0 Å². The van der Waals surface area contributed by atoms with Gasteiger partial charge in [0, 0.05) is 17.6 Å². The Kier molecular flexibility index (Phi) is 6.78. The first-order chi connectivity index (χ1) is 10.4. The summed E-state index contributed by atoms with van der Waals surface area (Å²) < 4.78 is 19.9. The summed E-state index contributed by atoms with van der Waals surface area (Å²) in [5.41, 5.74) is -0.904. The van der Waals surface area contributed by atoms with Crippen molar-refractivity contribution in [2.24, 2.45) is 5.41 Å². The van der Waals surface area contributed by atoms with Crippen molar-refractivity contribution in [3.63, 3.8) is 0 Å². The van der Waals surface area contributed by atoms with E-state index in [4.69, 9.17) is 18.9 Å². The van der Waals surface area contributed by atoms with Crippen LogP contribution in [0.2, 0.25) is 0 Å². The Balaban J connectivity index is 2.54. The molecule has 0 radical (unpaired) electrons. The van der Waals surface area contributed by atoms with Crippen LogP contribution in [0.1, 0.15) is 13.3 Å². The Morgan fingerprint density at radius 1 is 1.14 bits per heavy atom. The number of hydrogen-bond donors (Lipinski definition) is 0. The molecule has 0 spiro atoms. The van der Waals surface area contributed by atoms with Crippen molar-refractivity contribution < 1.29 is 33.3 Å². The second-order valence-corrected chi connectivity index (χ2v) is 5.25. The summed E-state index contributed by atoms with van der Waals surface area (Å²) in [4.78, 5) is 34.2. The lowest BCUT2D eigenvalue weighted by Crippen LogP contribution is -2.34. The Morgan fingerprint density at radius 2 is 1.64 bits per heavy atom. The lowest BCUT2D eigenvalue weighted by Gasteiger charge is -2.27. The SMILES string of the molecule is C=CC(=O)OCC(C)(COC(=O)C=C)CC(=O)OCC1CO1. The Bertz CT molecular complexity index is 427. The van der Waals surface area contributed by atoms with Crippen LogP contribution in [0.3, 0.4) is 0 Å². The van der Waals surface area contributed by atoms with Gasteiger partial charge in [-0.05, 0) is 0 Å². The average Bonchev–Trinajstić information content (AvgIpc) is 3.32. The molecular weight excluding hydrogens is 292 g/mol. The van der Waals surface area contributed by atoms with E-state index in [1.807, 2.05) is 0 Å². The first-order valence-corrected chi connectivity index (χ1v) is 6.74. The Labute approximate surface area is 128 Å². The molecule has 1 aliphatic rings. The summed E-state index contributed by atoms with van der Waals surface area (Å²) in [7, 11) is 0. The molecule has 122 valence electrons. The van der Waals surface area contributed by atoms with Crippen molar-refractivity contribution in [1.29, 1.82) is 0 Å². The molecule has 1 fully saturated rings. The van der Waals surface area contributed by atoms with Gasteiger partial charge >= 0.3 is 17.9 Å². The number of esters is 3. The minimum absolute atomic E-state index is 0.0348. The number of epoxide rings is 1. The van der Waals surface area contributed by atoms with E-state index in [2.05, 4.69) is 13.2 Å². The quantitative estimate of drug-likeness (QED) is 0.255. The minimum atomic E-state index is -0.904. The molecule has 1 heterocycles. The van der Waals surface area contributed by atoms with Gasteiger partial charge in [0.15, 0.2) is 0 Å². The van der Waals surface area contributed by atoms with E-state index >= 15 is 0 Å². The number of rotatable bonds is 10. The maximum atomic E-state index is 11.8. The molecule has 0 bridgehead atoms. The zero-order valence-electron chi connectivity index (χ0n) is 12.5. The van der Waals surface area contributed by atoms with Crippen LogP contribution in [0.25, 0.3) is 0 Å². The molecule has 7 heteroatoms. The smallest absolute Gasteiger partial charge is 0.330 e. The van der Waals surface area contributed by atoms with Gasteiger partial charge in [-0.25, -0.2) is 9.59 Å². The Hall–Kier alpha value is -2.15. The highest BCUT2D eigenvalue weighted by Gasteiger charge is 2.33. The van der Waals surface area contributed by atoms with Crippen LogP contribution in [-0.2, 0) is 33.3 Å².